The molecule has 26 heavy (non-hydrogen) atoms. The Morgan fingerprint density at radius 1 is 1.27 bits per heavy atom. The highest BCUT2D eigenvalue weighted by atomic mass is 127. The highest BCUT2D eigenvalue weighted by Crippen LogP contribution is 2.32. The highest BCUT2D eigenvalue weighted by Gasteiger charge is 2.31. The van der Waals surface area contributed by atoms with Crippen molar-refractivity contribution >= 4 is 68.6 Å². The predicted molar refractivity (Wildman–Crippen MR) is 120 cm³/mol. The van der Waals surface area contributed by atoms with E-state index in [1.54, 1.807) is 12.0 Å². The Morgan fingerprint density at radius 2 is 2.00 bits per heavy atom. The number of carbonyl (C=O) groups excluding carboxylic acids is 1. The fourth-order valence-electron chi connectivity index (χ4n) is 2.48. The summed E-state index contributed by atoms with van der Waals surface area (Å²) in [6, 6.07) is 13.7. The summed E-state index contributed by atoms with van der Waals surface area (Å²) < 4.78 is 6.89. The number of thiocarbonyl (C=S) groups is 1. The molecule has 3 rings (SSSR count). The first kappa shape index (κ1) is 19.2. The van der Waals surface area contributed by atoms with Gasteiger partial charge in [-0.25, -0.2) is 0 Å². The standard InChI is InChI=1S/C19H17IN2O2S2/c1-12-9-14(20)5-8-16(12)21-11-22-18(23)17(26-19(22)25)10-13-3-6-15(24-2)7-4-13/h3-10,21H,11H2,1-2H3/b17-10+. The number of ether oxygens (including phenoxy) is 1. The Hall–Kier alpha value is -1.58. The Morgan fingerprint density at radius 3 is 2.65 bits per heavy atom. The van der Waals surface area contributed by atoms with Crippen molar-refractivity contribution in [2.24, 2.45) is 0 Å². The van der Waals surface area contributed by atoms with E-state index in [1.807, 2.05) is 49.4 Å². The van der Waals surface area contributed by atoms with Crippen molar-refractivity contribution in [2.75, 3.05) is 19.1 Å². The molecule has 1 fully saturated rings. The smallest absolute Gasteiger partial charge is 0.267 e. The number of nitrogens with one attached hydrogen (secondary N) is 1. The summed E-state index contributed by atoms with van der Waals surface area (Å²) in [7, 11) is 1.63. The maximum absolute atomic E-state index is 12.7. The van der Waals surface area contributed by atoms with Crippen LogP contribution in [0.1, 0.15) is 11.1 Å². The lowest BCUT2D eigenvalue weighted by Gasteiger charge is -2.17. The summed E-state index contributed by atoms with van der Waals surface area (Å²) in [6.07, 6.45) is 1.86. The van der Waals surface area contributed by atoms with Crippen molar-refractivity contribution in [1.82, 2.24) is 4.90 Å². The van der Waals surface area contributed by atoms with E-state index >= 15 is 0 Å². The van der Waals surface area contributed by atoms with Gasteiger partial charge in [-0.1, -0.05) is 36.1 Å². The number of nitrogens with zero attached hydrogens (tertiary/aromatic N) is 1. The first-order valence-electron chi connectivity index (χ1n) is 7.87. The molecule has 1 saturated heterocycles. The molecule has 1 aliphatic rings. The molecule has 0 bridgehead atoms. The predicted octanol–water partition coefficient (Wildman–Crippen LogP) is 4.88. The van der Waals surface area contributed by atoms with Crippen LogP contribution in [0.5, 0.6) is 5.75 Å². The van der Waals surface area contributed by atoms with Gasteiger partial charge in [0.1, 0.15) is 10.1 Å². The normalized spacial score (nSPS) is 15.7. The first-order chi connectivity index (χ1) is 12.5. The summed E-state index contributed by atoms with van der Waals surface area (Å²) in [5, 5.41) is 3.30. The number of halogens is 1. The molecule has 0 aliphatic carbocycles. The highest BCUT2D eigenvalue weighted by molar-refractivity contribution is 14.1. The third kappa shape index (κ3) is 4.39. The van der Waals surface area contributed by atoms with E-state index < -0.39 is 0 Å². The Balaban J connectivity index is 1.70. The van der Waals surface area contributed by atoms with E-state index in [4.69, 9.17) is 17.0 Å². The van der Waals surface area contributed by atoms with Gasteiger partial charge in [0, 0.05) is 9.26 Å². The Labute approximate surface area is 176 Å². The average Bonchev–Trinajstić information content (AvgIpc) is 2.88. The lowest BCUT2D eigenvalue weighted by Crippen LogP contribution is -2.33. The number of benzene rings is 2. The molecule has 1 heterocycles. The van der Waals surface area contributed by atoms with Gasteiger partial charge in [0.05, 0.1) is 18.7 Å². The molecule has 7 heteroatoms. The molecule has 0 unspecified atom stereocenters. The van der Waals surface area contributed by atoms with E-state index in [9.17, 15) is 4.79 Å². The molecule has 134 valence electrons. The lowest BCUT2D eigenvalue weighted by molar-refractivity contribution is -0.121. The summed E-state index contributed by atoms with van der Waals surface area (Å²) in [5.74, 6) is 0.707. The SMILES string of the molecule is COc1ccc(/C=C2/SC(=S)N(CNc3ccc(I)cc3C)C2=O)cc1. The van der Waals surface area contributed by atoms with Gasteiger partial charge in [0.15, 0.2) is 0 Å². The van der Waals surface area contributed by atoms with Crippen LogP contribution in [0.3, 0.4) is 0 Å². The van der Waals surface area contributed by atoms with Crippen LogP contribution in [-0.4, -0.2) is 28.9 Å². The van der Waals surface area contributed by atoms with Gasteiger partial charge in [-0.2, -0.15) is 0 Å². The van der Waals surface area contributed by atoms with Crippen LogP contribution >= 0.6 is 46.6 Å². The molecule has 1 aliphatic heterocycles. The van der Waals surface area contributed by atoms with Crippen molar-refractivity contribution < 1.29 is 9.53 Å². The number of thioether (sulfide) groups is 1. The first-order valence-corrected chi connectivity index (χ1v) is 10.2. The number of anilines is 1. The van der Waals surface area contributed by atoms with Gasteiger partial charge in [-0.3, -0.25) is 9.69 Å². The van der Waals surface area contributed by atoms with Gasteiger partial charge in [-0.05, 0) is 77.0 Å². The molecule has 4 nitrogen and oxygen atoms in total. The molecular weight excluding hydrogens is 479 g/mol. The van der Waals surface area contributed by atoms with E-state index in [1.165, 1.54) is 15.3 Å². The van der Waals surface area contributed by atoms with Crippen LogP contribution in [0.2, 0.25) is 0 Å². The molecule has 1 N–H and O–H groups in total. The molecule has 0 aromatic heterocycles. The molecular formula is C19H17IN2O2S2. The fraction of sp³-hybridized carbons (Fsp3) is 0.158. The summed E-state index contributed by atoms with van der Waals surface area (Å²) >= 11 is 8.99. The summed E-state index contributed by atoms with van der Waals surface area (Å²) in [6.45, 7) is 2.39. The number of aryl methyl sites for hydroxylation is 1. The minimum absolute atomic E-state index is 0.0773. The van der Waals surface area contributed by atoms with Crippen LogP contribution in [-0.2, 0) is 4.79 Å². The van der Waals surface area contributed by atoms with E-state index in [2.05, 4.69) is 34.0 Å². The molecule has 2 aromatic rings. The van der Waals surface area contributed by atoms with Gasteiger partial charge >= 0.3 is 0 Å². The van der Waals surface area contributed by atoms with Gasteiger partial charge in [0.2, 0.25) is 0 Å². The van der Waals surface area contributed by atoms with Crippen LogP contribution in [0, 0.1) is 10.5 Å². The third-order valence-corrected chi connectivity index (χ3v) is 5.95. The second-order valence-corrected chi connectivity index (χ2v) is 8.60. The second kappa shape index (κ2) is 8.41. The average molecular weight is 496 g/mol. The number of hydrogen-bond donors (Lipinski definition) is 1. The number of methoxy groups -OCH3 is 1. The maximum atomic E-state index is 12.7. The van der Waals surface area contributed by atoms with E-state index in [0.717, 1.165) is 22.6 Å². The minimum Gasteiger partial charge on any atom is -0.497 e. The van der Waals surface area contributed by atoms with Gasteiger partial charge < -0.3 is 10.1 Å². The Kier molecular flexibility index (Phi) is 6.20. The molecule has 0 spiro atoms. The zero-order valence-electron chi connectivity index (χ0n) is 14.3. The quantitative estimate of drug-likeness (QED) is 0.363. The third-order valence-electron chi connectivity index (χ3n) is 3.90. The summed E-state index contributed by atoms with van der Waals surface area (Å²) in [4.78, 5) is 14.9. The number of hydrogen-bond acceptors (Lipinski definition) is 5. The van der Waals surface area contributed by atoms with Crippen molar-refractivity contribution in [3.05, 3.63) is 62.1 Å². The number of amides is 1. The van der Waals surface area contributed by atoms with E-state index in [-0.39, 0.29) is 5.91 Å². The minimum atomic E-state index is -0.0773. The maximum Gasteiger partial charge on any atom is 0.267 e. The van der Waals surface area contributed by atoms with Crippen LogP contribution in [0.15, 0.2) is 47.4 Å². The molecule has 0 radical (unpaired) electrons. The molecule has 0 atom stereocenters. The zero-order chi connectivity index (χ0) is 18.7. The monoisotopic (exact) mass is 496 g/mol. The largest absolute Gasteiger partial charge is 0.497 e. The van der Waals surface area contributed by atoms with Crippen LogP contribution in [0.4, 0.5) is 5.69 Å². The van der Waals surface area contributed by atoms with Crippen molar-refractivity contribution in [2.45, 2.75) is 6.92 Å². The van der Waals surface area contributed by atoms with Crippen molar-refractivity contribution in [3.63, 3.8) is 0 Å². The van der Waals surface area contributed by atoms with Crippen molar-refractivity contribution in [1.29, 1.82) is 0 Å². The van der Waals surface area contributed by atoms with Crippen LogP contribution < -0.4 is 10.1 Å². The topological polar surface area (TPSA) is 41.6 Å². The zero-order valence-corrected chi connectivity index (χ0v) is 18.1. The number of carbonyl (C=O) groups is 1. The fourth-order valence-corrected chi connectivity index (χ4v) is 4.38. The summed E-state index contributed by atoms with van der Waals surface area (Å²) in [5.41, 5.74) is 3.07. The Bertz CT molecular complexity index is 882. The second-order valence-electron chi connectivity index (χ2n) is 5.68. The number of rotatable bonds is 5. The van der Waals surface area contributed by atoms with E-state index in [0.29, 0.717) is 15.9 Å². The van der Waals surface area contributed by atoms with Crippen LogP contribution in [0.25, 0.3) is 6.08 Å². The molecule has 0 saturated carbocycles. The van der Waals surface area contributed by atoms with Crippen molar-refractivity contribution in [3.8, 4) is 5.75 Å². The van der Waals surface area contributed by atoms with Gasteiger partial charge in [0.25, 0.3) is 5.91 Å². The molecule has 1 amide bonds. The lowest BCUT2D eigenvalue weighted by atomic mass is 10.2. The molecule has 2 aromatic carbocycles. The van der Waals surface area contributed by atoms with Gasteiger partial charge in [-0.15, -0.1) is 0 Å².